The van der Waals surface area contributed by atoms with Crippen molar-refractivity contribution < 1.29 is 9.47 Å². The van der Waals surface area contributed by atoms with Crippen LogP contribution in [0.1, 0.15) is 22.1 Å². The van der Waals surface area contributed by atoms with Crippen molar-refractivity contribution in [2.45, 2.75) is 18.7 Å². The van der Waals surface area contributed by atoms with E-state index in [9.17, 15) is 0 Å². The van der Waals surface area contributed by atoms with Crippen LogP contribution in [0.3, 0.4) is 0 Å². The van der Waals surface area contributed by atoms with Gasteiger partial charge >= 0.3 is 0 Å². The summed E-state index contributed by atoms with van der Waals surface area (Å²) < 4.78 is 11.6. The second-order valence-corrected chi connectivity index (χ2v) is 6.27. The number of hydrogen-bond acceptors (Lipinski definition) is 2. The Balaban J connectivity index is 2.29. The highest BCUT2D eigenvalue weighted by molar-refractivity contribution is 9.10. The maximum absolute atomic E-state index is 6.59. The zero-order valence-electron chi connectivity index (χ0n) is 12.3. The van der Waals surface area contributed by atoms with E-state index in [4.69, 9.17) is 21.1 Å². The van der Waals surface area contributed by atoms with Gasteiger partial charge < -0.3 is 9.47 Å². The number of halogens is 2. The Labute approximate surface area is 139 Å². The molecule has 0 saturated heterocycles. The molecule has 0 radical (unpaired) electrons. The molecular formula is C17H18BrClO2. The summed E-state index contributed by atoms with van der Waals surface area (Å²) in [6, 6.07) is 12.2. The molecule has 0 aromatic heterocycles. The molecule has 0 aliphatic heterocycles. The van der Waals surface area contributed by atoms with Gasteiger partial charge in [0.05, 0.1) is 24.1 Å². The van der Waals surface area contributed by atoms with Crippen molar-refractivity contribution in [3.05, 3.63) is 57.6 Å². The lowest BCUT2D eigenvalue weighted by atomic mass is 10.0. The van der Waals surface area contributed by atoms with Gasteiger partial charge in [0.15, 0.2) is 0 Å². The largest absolute Gasteiger partial charge is 0.496 e. The lowest BCUT2D eigenvalue weighted by Crippen LogP contribution is -2.01. The molecule has 0 bridgehead atoms. The van der Waals surface area contributed by atoms with Crippen LogP contribution in [0.4, 0.5) is 0 Å². The Morgan fingerprint density at radius 2 is 1.67 bits per heavy atom. The van der Waals surface area contributed by atoms with Crippen LogP contribution >= 0.6 is 27.5 Å². The summed E-state index contributed by atoms with van der Waals surface area (Å²) in [5, 5.41) is -0.176. The minimum absolute atomic E-state index is 0.176. The molecular weight excluding hydrogens is 352 g/mol. The quantitative estimate of drug-likeness (QED) is 0.666. The molecule has 2 nitrogen and oxygen atoms in total. The van der Waals surface area contributed by atoms with E-state index in [1.54, 1.807) is 14.2 Å². The summed E-state index contributed by atoms with van der Waals surface area (Å²) in [6.07, 6.45) is 0.739. The van der Waals surface area contributed by atoms with Gasteiger partial charge in [0.25, 0.3) is 0 Å². The third kappa shape index (κ3) is 3.92. The van der Waals surface area contributed by atoms with Crippen molar-refractivity contribution in [3.63, 3.8) is 0 Å². The number of methoxy groups -OCH3 is 2. The molecule has 21 heavy (non-hydrogen) atoms. The van der Waals surface area contributed by atoms with E-state index in [2.05, 4.69) is 47.1 Å². The smallest absolute Gasteiger partial charge is 0.133 e. The van der Waals surface area contributed by atoms with Crippen LogP contribution in [0, 0.1) is 6.92 Å². The summed E-state index contributed by atoms with van der Waals surface area (Å²) in [4.78, 5) is 0. The lowest BCUT2D eigenvalue weighted by molar-refractivity contribution is 0.396. The summed E-state index contributed by atoms with van der Waals surface area (Å²) in [7, 11) is 3.28. The number of ether oxygens (including phenoxy) is 2. The summed E-state index contributed by atoms with van der Waals surface area (Å²) >= 11 is 10.1. The van der Waals surface area contributed by atoms with E-state index in [0.717, 1.165) is 28.0 Å². The van der Waals surface area contributed by atoms with Gasteiger partial charge in [0, 0.05) is 5.56 Å². The van der Waals surface area contributed by atoms with Gasteiger partial charge in [-0.05, 0) is 47.0 Å². The van der Waals surface area contributed by atoms with E-state index in [-0.39, 0.29) is 5.38 Å². The van der Waals surface area contributed by atoms with Crippen molar-refractivity contribution in [1.29, 1.82) is 0 Å². The predicted molar refractivity (Wildman–Crippen MR) is 90.7 cm³/mol. The van der Waals surface area contributed by atoms with Gasteiger partial charge in [0.1, 0.15) is 11.5 Å². The second-order valence-electron chi connectivity index (χ2n) is 4.89. The van der Waals surface area contributed by atoms with E-state index in [0.29, 0.717) is 0 Å². The topological polar surface area (TPSA) is 18.5 Å². The molecule has 0 spiro atoms. The third-order valence-electron chi connectivity index (χ3n) is 3.38. The third-order valence-corrected chi connectivity index (χ3v) is 4.39. The molecule has 1 unspecified atom stereocenters. The number of alkyl halides is 1. The highest BCUT2D eigenvalue weighted by atomic mass is 79.9. The zero-order chi connectivity index (χ0) is 15.4. The molecule has 2 aromatic rings. The highest BCUT2D eigenvalue weighted by Gasteiger charge is 2.17. The Morgan fingerprint density at radius 1 is 1.05 bits per heavy atom. The van der Waals surface area contributed by atoms with Gasteiger partial charge in [-0.1, -0.05) is 29.8 Å². The molecule has 0 amide bonds. The first-order valence-electron chi connectivity index (χ1n) is 6.66. The molecule has 0 fully saturated rings. The molecule has 0 aliphatic carbocycles. The van der Waals surface area contributed by atoms with Crippen LogP contribution < -0.4 is 9.47 Å². The predicted octanol–water partition coefficient (Wildman–Crippen LogP) is 5.30. The minimum atomic E-state index is -0.176. The van der Waals surface area contributed by atoms with Crippen LogP contribution in [-0.4, -0.2) is 14.2 Å². The van der Waals surface area contributed by atoms with Crippen LogP contribution in [0.5, 0.6) is 11.5 Å². The molecule has 0 heterocycles. The molecule has 1 atom stereocenters. The molecule has 4 heteroatoms. The molecule has 2 aromatic carbocycles. The van der Waals surface area contributed by atoms with Gasteiger partial charge in [-0.2, -0.15) is 0 Å². The summed E-state index contributed by atoms with van der Waals surface area (Å²) in [6.45, 7) is 2.07. The standard InChI is InChI=1S/C17H18BrClO2/c1-11-4-6-12(7-5-11)8-15(19)13-9-17(21-3)14(18)10-16(13)20-2/h4-7,9-10,15H,8H2,1-3H3. The fourth-order valence-electron chi connectivity index (χ4n) is 2.17. The first-order chi connectivity index (χ1) is 10.0. The Bertz CT molecular complexity index is 611. The van der Waals surface area contributed by atoms with E-state index < -0.39 is 0 Å². The normalized spacial score (nSPS) is 12.0. The van der Waals surface area contributed by atoms with Gasteiger partial charge in [-0.15, -0.1) is 11.6 Å². The fraction of sp³-hybridized carbons (Fsp3) is 0.294. The highest BCUT2D eigenvalue weighted by Crippen LogP contribution is 2.39. The van der Waals surface area contributed by atoms with Gasteiger partial charge in [-0.25, -0.2) is 0 Å². The van der Waals surface area contributed by atoms with Crippen molar-refractivity contribution in [2.75, 3.05) is 14.2 Å². The maximum atomic E-state index is 6.59. The number of benzene rings is 2. The molecule has 0 aliphatic rings. The van der Waals surface area contributed by atoms with Crippen LogP contribution in [0.25, 0.3) is 0 Å². The van der Waals surface area contributed by atoms with Gasteiger partial charge in [-0.3, -0.25) is 0 Å². The average Bonchev–Trinajstić information content (AvgIpc) is 2.49. The van der Waals surface area contributed by atoms with Gasteiger partial charge in [0.2, 0.25) is 0 Å². The number of hydrogen-bond donors (Lipinski definition) is 0. The SMILES string of the molecule is COc1cc(C(Cl)Cc2ccc(C)cc2)c(OC)cc1Br. The van der Waals surface area contributed by atoms with E-state index >= 15 is 0 Å². The van der Waals surface area contributed by atoms with Crippen LogP contribution in [0.15, 0.2) is 40.9 Å². The maximum Gasteiger partial charge on any atom is 0.133 e. The number of rotatable bonds is 5. The molecule has 0 N–H and O–H groups in total. The number of aryl methyl sites for hydroxylation is 1. The Hall–Kier alpha value is -1.19. The van der Waals surface area contributed by atoms with Crippen LogP contribution in [0.2, 0.25) is 0 Å². The molecule has 2 rings (SSSR count). The molecule has 112 valence electrons. The Morgan fingerprint density at radius 3 is 2.24 bits per heavy atom. The van der Waals surface area contributed by atoms with Crippen LogP contribution in [-0.2, 0) is 6.42 Å². The van der Waals surface area contributed by atoms with E-state index in [1.807, 2.05) is 12.1 Å². The monoisotopic (exact) mass is 368 g/mol. The second kappa shape index (κ2) is 7.19. The molecule has 0 saturated carbocycles. The first kappa shape index (κ1) is 16.2. The van der Waals surface area contributed by atoms with Crippen molar-refractivity contribution in [1.82, 2.24) is 0 Å². The van der Waals surface area contributed by atoms with Crippen molar-refractivity contribution >= 4 is 27.5 Å². The Kier molecular flexibility index (Phi) is 5.54. The zero-order valence-corrected chi connectivity index (χ0v) is 14.7. The summed E-state index contributed by atoms with van der Waals surface area (Å²) in [5.41, 5.74) is 3.37. The summed E-state index contributed by atoms with van der Waals surface area (Å²) in [5.74, 6) is 1.51. The lowest BCUT2D eigenvalue weighted by Gasteiger charge is -2.16. The fourth-order valence-corrected chi connectivity index (χ4v) is 3.00. The van der Waals surface area contributed by atoms with E-state index in [1.165, 1.54) is 11.1 Å². The average molecular weight is 370 g/mol. The minimum Gasteiger partial charge on any atom is -0.496 e. The van der Waals surface area contributed by atoms with Crippen molar-refractivity contribution in [3.8, 4) is 11.5 Å². The first-order valence-corrected chi connectivity index (χ1v) is 7.89. The van der Waals surface area contributed by atoms with Crippen molar-refractivity contribution in [2.24, 2.45) is 0 Å².